The average Bonchev–Trinajstić information content (AvgIpc) is 2.66. The number of hydrogen-bond donors (Lipinski definition) is 3. The van der Waals surface area contributed by atoms with E-state index in [-0.39, 0.29) is 5.91 Å². The Kier molecular flexibility index (Phi) is 4.29. The lowest BCUT2D eigenvalue weighted by Gasteiger charge is -2.22. The topological polar surface area (TPSA) is 84.2 Å². The normalized spacial score (nSPS) is 20.8. The highest BCUT2D eigenvalue weighted by atomic mass is 16.2. The zero-order valence-electron chi connectivity index (χ0n) is 10.0. The molecule has 0 aromatic carbocycles. The minimum absolute atomic E-state index is 0.113. The third-order valence-electron chi connectivity index (χ3n) is 2.95. The van der Waals surface area contributed by atoms with Gasteiger partial charge in [0, 0.05) is 12.5 Å². The van der Waals surface area contributed by atoms with Gasteiger partial charge in [0.2, 0.25) is 11.8 Å². The summed E-state index contributed by atoms with van der Waals surface area (Å²) in [6.07, 6.45) is 3.57. The number of nitrogens with two attached hydrogens (primary N) is 1. The van der Waals surface area contributed by atoms with E-state index in [0.29, 0.717) is 12.5 Å². The Morgan fingerprint density at radius 1 is 1.50 bits per heavy atom. The molecule has 0 saturated carbocycles. The van der Waals surface area contributed by atoms with Crippen molar-refractivity contribution < 1.29 is 9.59 Å². The summed E-state index contributed by atoms with van der Waals surface area (Å²) in [5.74, 6) is -0.627. The van der Waals surface area contributed by atoms with Crippen LogP contribution >= 0.6 is 0 Å². The molecule has 0 aromatic rings. The number of hydrogen-bond acceptors (Lipinski definition) is 3. The fraction of sp³-hybridized carbons (Fsp3) is 0.818. The van der Waals surface area contributed by atoms with Crippen molar-refractivity contribution in [1.29, 1.82) is 0 Å². The van der Waals surface area contributed by atoms with Crippen molar-refractivity contribution in [2.45, 2.75) is 51.1 Å². The van der Waals surface area contributed by atoms with Crippen LogP contribution in [0.4, 0.5) is 0 Å². The number of amides is 2. The van der Waals surface area contributed by atoms with Gasteiger partial charge in [0.05, 0.1) is 0 Å². The molecule has 1 saturated heterocycles. The van der Waals surface area contributed by atoms with Gasteiger partial charge in [-0.1, -0.05) is 0 Å². The van der Waals surface area contributed by atoms with Crippen molar-refractivity contribution >= 4 is 11.8 Å². The molecule has 1 rings (SSSR count). The van der Waals surface area contributed by atoms with Gasteiger partial charge in [-0.05, 0) is 39.7 Å². The first-order chi connectivity index (χ1) is 7.42. The molecule has 1 heterocycles. The Bertz CT molecular complexity index is 270. The van der Waals surface area contributed by atoms with Crippen LogP contribution in [0.1, 0.15) is 39.5 Å². The maximum atomic E-state index is 11.6. The largest absolute Gasteiger partial charge is 0.368 e. The van der Waals surface area contributed by atoms with Crippen LogP contribution in [0, 0.1) is 0 Å². The highest BCUT2D eigenvalue weighted by Gasteiger charge is 2.27. The molecule has 1 atom stereocenters. The van der Waals surface area contributed by atoms with Crippen molar-refractivity contribution in [2.75, 3.05) is 6.54 Å². The smallest absolute Gasteiger partial charge is 0.242 e. The molecule has 92 valence electrons. The Labute approximate surface area is 96.1 Å². The van der Waals surface area contributed by atoms with E-state index in [2.05, 4.69) is 10.6 Å². The SMILES string of the molecule is CC(C)(NC(=O)CCC1CCCN1)C(N)=O. The molecule has 2 amide bonds. The van der Waals surface area contributed by atoms with Gasteiger partial charge in [0.1, 0.15) is 5.54 Å². The molecule has 4 N–H and O–H groups in total. The number of rotatable bonds is 5. The summed E-state index contributed by atoms with van der Waals surface area (Å²) < 4.78 is 0. The Balaban J connectivity index is 2.27. The first-order valence-corrected chi connectivity index (χ1v) is 5.76. The zero-order valence-corrected chi connectivity index (χ0v) is 10.0. The molecule has 1 aliphatic heterocycles. The zero-order chi connectivity index (χ0) is 12.2. The maximum absolute atomic E-state index is 11.6. The van der Waals surface area contributed by atoms with Crippen molar-refractivity contribution in [2.24, 2.45) is 5.73 Å². The van der Waals surface area contributed by atoms with Gasteiger partial charge in [-0.2, -0.15) is 0 Å². The van der Waals surface area contributed by atoms with E-state index in [1.165, 1.54) is 6.42 Å². The first kappa shape index (κ1) is 13.0. The van der Waals surface area contributed by atoms with E-state index in [1.54, 1.807) is 13.8 Å². The van der Waals surface area contributed by atoms with Crippen LogP contribution in [0.2, 0.25) is 0 Å². The molecular weight excluding hydrogens is 206 g/mol. The van der Waals surface area contributed by atoms with E-state index in [4.69, 9.17) is 5.73 Å². The summed E-state index contributed by atoms with van der Waals surface area (Å²) >= 11 is 0. The van der Waals surface area contributed by atoms with Gasteiger partial charge < -0.3 is 16.4 Å². The molecule has 1 aliphatic rings. The number of carbonyl (C=O) groups excluding carboxylic acids is 2. The van der Waals surface area contributed by atoms with Crippen LogP contribution in [-0.2, 0) is 9.59 Å². The molecule has 1 fully saturated rings. The lowest BCUT2D eigenvalue weighted by Crippen LogP contribution is -2.53. The van der Waals surface area contributed by atoms with Gasteiger partial charge in [-0.25, -0.2) is 0 Å². The summed E-state index contributed by atoms with van der Waals surface area (Å²) in [5, 5.41) is 5.96. The lowest BCUT2D eigenvalue weighted by atomic mass is 10.0. The van der Waals surface area contributed by atoms with Crippen molar-refractivity contribution in [1.82, 2.24) is 10.6 Å². The van der Waals surface area contributed by atoms with Crippen molar-refractivity contribution in [3.63, 3.8) is 0 Å². The second kappa shape index (κ2) is 5.30. The Hall–Kier alpha value is -1.10. The Morgan fingerprint density at radius 3 is 2.69 bits per heavy atom. The second-order valence-corrected chi connectivity index (χ2v) is 4.87. The van der Waals surface area contributed by atoms with Gasteiger partial charge in [0.15, 0.2) is 0 Å². The van der Waals surface area contributed by atoms with E-state index < -0.39 is 11.4 Å². The number of carbonyl (C=O) groups is 2. The van der Waals surface area contributed by atoms with Crippen LogP contribution in [0.15, 0.2) is 0 Å². The van der Waals surface area contributed by atoms with E-state index >= 15 is 0 Å². The average molecular weight is 227 g/mol. The fourth-order valence-electron chi connectivity index (χ4n) is 1.78. The molecule has 0 radical (unpaired) electrons. The summed E-state index contributed by atoms with van der Waals surface area (Å²) in [4.78, 5) is 22.6. The Morgan fingerprint density at radius 2 is 2.19 bits per heavy atom. The fourth-order valence-corrected chi connectivity index (χ4v) is 1.78. The molecule has 0 spiro atoms. The summed E-state index contributed by atoms with van der Waals surface area (Å²) in [6, 6.07) is 0.447. The van der Waals surface area contributed by atoms with Crippen LogP contribution in [0.5, 0.6) is 0 Å². The highest BCUT2D eigenvalue weighted by Crippen LogP contribution is 2.11. The molecule has 1 unspecified atom stereocenters. The quantitative estimate of drug-likeness (QED) is 0.613. The van der Waals surface area contributed by atoms with Gasteiger partial charge in [-0.15, -0.1) is 0 Å². The van der Waals surface area contributed by atoms with Crippen LogP contribution in [-0.4, -0.2) is 29.9 Å². The van der Waals surface area contributed by atoms with Gasteiger partial charge >= 0.3 is 0 Å². The predicted molar refractivity (Wildman–Crippen MR) is 61.7 cm³/mol. The molecular formula is C11H21N3O2. The van der Waals surface area contributed by atoms with Gasteiger partial charge in [0.25, 0.3) is 0 Å². The van der Waals surface area contributed by atoms with Gasteiger partial charge in [-0.3, -0.25) is 9.59 Å². The third kappa shape index (κ3) is 3.81. The third-order valence-corrected chi connectivity index (χ3v) is 2.95. The maximum Gasteiger partial charge on any atom is 0.242 e. The minimum Gasteiger partial charge on any atom is -0.368 e. The van der Waals surface area contributed by atoms with E-state index in [1.807, 2.05) is 0 Å². The molecule has 5 nitrogen and oxygen atoms in total. The van der Waals surface area contributed by atoms with Crippen molar-refractivity contribution in [3.8, 4) is 0 Å². The summed E-state index contributed by atoms with van der Waals surface area (Å²) in [5.41, 5.74) is 4.21. The lowest BCUT2D eigenvalue weighted by molar-refractivity contribution is -0.130. The highest BCUT2D eigenvalue weighted by molar-refractivity contribution is 5.89. The number of primary amides is 1. The molecule has 0 aromatic heterocycles. The first-order valence-electron chi connectivity index (χ1n) is 5.76. The molecule has 16 heavy (non-hydrogen) atoms. The number of nitrogens with one attached hydrogen (secondary N) is 2. The minimum atomic E-state index is -0.958. The molecule has 0 aliphatic carbocycles. The standard InChI is InChI=1S/C11H21N3O2/c1-11(2,10(12)16)14-9(15)6-5-8-4-3-7-13-8/h8,13H,3-7H2,1-2H3,(H2,12,16)(H,14,15). The van der Waals surface area contributed by atoms with Crippen LogP contribution in [0.3, 0.4) is 0 Å². The predicted octanol–water partition coefficient (Wildman–Crippen LogP) is -0.101. The molecule has 0 bridgehead atoms. The van der Waals surface area contributed by atoms with Crippen LogP contribution in [0.25, 0.3) is 0 Å². The van der Waals surface area contributed by atoms with E-state index in [0.717, 1.165) is 19.4 Å². The van der Waals surface area contributed by atoms with E-state index in [9.17, 15) is 9.59 Å². The van der Waals surface area contributed by atoms with Crippen molar-refractivity contribution in [3.05, 3.63) is 0 Å². The second-order valence-electron chi connectivity index (χ2n) is 4.87. The molecule has 5 heteroatoms. The van der Waals surface area contributed by atoms with Crippen LogP contribution < -0.4 is 16.4 Å². The monoisotopic (exact) mass is 227 g/mol. The summed E-state index contributed by atoms with van der Waals surface area (Å²) in [6.45, 7) is 4.27. The summed E-state index contributed by atoms with van der Waals surface area (Å²) in [7, 11) is 0.